The second kappa shape index (κ2) is 6.67. The Bertz CT molecular complexity index is 750. The van der Waals surface area contributed by atoms with Crippen molar-refractivity contribution in [1.29, 1.82) is 0 Å². The molecule has 146 valence electrons. The van der Waals surface area contributed by atoms with Crippen LogP contribution in [0, 0.1) is 10.1 Å². The molecule has 3 heterocycles. The van der Waals surface area contributed by atoms with E-state index < -0.39 is 22.2 Å². The monoisotopic (exact) mass is 378 g/mol. The third kappa shape index (κ3) is 4.09. The number of likely N-dealkylation sites (tertiary alicyclic amines) is 1. The Morgan fingerprint density at radius 1 is 1.33 bits per heavy atom. The van der Waals surface area contributed by atoms with Crippen molar-refractivity contribution in [3.8, 4) is 0 Å². The molecule has 27 heavy (non-hydrogen) atoms. The van der Waals surface area contributed by atoms with E-state index in [0.29, 0.717) is 38.2 Å². The standard InChI is InChI=1S/C17H22N4O6/c1-16(2,3)26-14(22)19-8-6-17(7-9-19)11-20(15(23)27-17)12-4-5-13(18-10-12)21(24)25/h4-5,10H,6-9,11H2,1-3H3. The fourth-order valence-electron chi connectivity index (χ4n) is 3.15. The van der Waals surface area contributed by atoms with Crippen molar-refractivity contribution in [2.45, 2.75) is 44.8 Å². The zero-order valence-corrected chi connectivity index (χ0v) is 15.5. The van der Waals surface area contributed by atoms with E-state index in [2.05, 4.69) is 4.98 Å². The predicted molar refractivity (Wildman–Crippen MR) is 94.5 cm³/mol. The normalized spacial score (nSPS) is 19.1. The summed E-state index contributed by atoms with van der Waals surface area (Å²) in [7, 11) is 0. The molecular formula is C17H22N4O6. The van der Waals surface area contributed by atoms with Crippen molar-refractivity contribution in [3.05, 3.63) is 28.4 Å². The van der Waals surface area contributed by atoms with Crippen molar-refractivity contribution < 1.29 is 24.0 Å². The SMILES string of the molecule is CC(C)(C)OC(=O)N1CCC2(CC1)CN(c1ccc([N+](=O)[O-])nc1)C(=O)O2. The molecule has 0 aliphatic carbocycles. The number of hydrogen-bond donors (Lipinski definition) is 0. The number of carbonyl (C=O) groups excluding carboxylic acids is 2. The van der Waals surface area contributed by atoms with Crippen LogP contribution < -0.4 is 4.90 Å². The van der Waals surface area contributed by atoms with E-state index in [9.17, 15) is 19.7 Å². The number of anilines is 1. The lowest BCUT2D eigenvalue weighted by Gasteiger charge is -2.37. The summed E-state index contributed by atoms with van der Waals surface area (Å²) in [5, 5.41) is 10.7. The lowest BCUT2D eigenvalue weighted by atomic mass is 9.91. The van der Waals surface area contributed by atoms with Crippen LogP contribution in [0.4, 0.5) is 21.1 Å². The van der Waals surface area contributed by atoms with E-state index in [1.54, 1.807) is 4.90 Å². The summed E-state index contributed by atoms with van der Waals surface area (Å²) in [4.78, 5) is 41.4. The van der Waals surface area contributed by atoms with Gasteiger partial charge in [-0.25, -0.2) is 9.59 Å². The summed E-state index contributed by atoms with van der Waals surface area (Å²) in [5.41, 5.74) is -0.805. The van der Waals surface area contributed by atoms with Crippen molar-refractivity contribution in [3.63, 3.8) is 0 Å². The molecule has 0 N–H and O–H groups in total. The number of nitrogens with zero attached hydrogens (tertiary/aromatic N) is 4. The smallest absolute Gasteiger partial charge is 0.415 e. The number of nitro groups is 1. The van der Waals surface area contributed by atoms with Crippen LogP contribution >= 0.6 is 0 Å². The highest BCUT2D eigenvalue weighted by molar-refractivity contribution is 5.90. The van der Waals surface area contributed by atoms with Gasteiger partial charge in [0.2, 0.25) is 0 Å². The number of pyridine rings is 1. The van der Waals surface area contributed by atoms with E-state index in [1.807, 2.05) is 20.8 Å². The second-order valence-corrected chi connectivity index (χ2v) is 7.74. The first-order valence-corrected chi connectivity index (χ1v) is 8.67. The molecule has 2 saturated heterocycles. The summed E-state index contributed by atoms with van der Waals surface area (Å²) in [6.45, 7) is 6.60. The number of rotatable bonds is 2. The van der Waals surface area contributed by atoms with Gasteiger partial charge in [0.15, 0.2) is 6.20 Å². The molecule has 2 aliphatic rings. The molecule has 1 aromatic heterocycles. The number of ether oxygens (including phenoxy) is 2. The van der Waals surface area contributed by atoms with Gasteiger partial charge >= 0.3 is 18.0 Å². The summed E-state index contributed by atoms with van der Waals surface area (Å²) < 4.78 is 11.0. The van der Waals surface area contributed by atoms with Gasteiger partial charge in [-0.1, -0.05) is 0 Å². The van der Waals surface area contributed by atoms with Gasteiger partial charge in [0.05, 0.1) is 12.2 Å². The van der Waals surface area contributed by atoms with Gasteiger partial charge in [-0.3, -0.25) is 4.90 Å². The highest BCUT2D eigenvalue weighted by Crippen LogP contribution is 2.36. The molecule has 1 spiro atoms. The Kier molecular flexibility index (Phi) is 4.66. The topological polar surface area (TPSA) is 115 Å². The van der Waals surface area contributed by atoms with Gasteiger partial charge in [0.25, 0.3) is 0 Å². The van der Waals surface area contributed by atoms with Gasteiger partial charge in [0, 0.05) is 32.0 Å². The molecule has 10 heteroatoms. The predicted octanol–water partition coefficient (Wildman–Crippen LogP) is 2.72. The number of carbonyl (C=O) groups is 2. The first kappa shape index (κ1) is 18.9. The number of hydrogen-bond acceptors (Lipinski definition) is 7. The highest BCUT2D eigenvalue weighted by Gasteiger charge is 2.48. The minimum atomic E-state index is -0.683. The van der Waals surface area contributed by atoms with Crippen LogP contribution in [0.2, 0.25) is 0 Å². The number of piperidine rings is 1. The quantitative estimate of drug-likeness (QED) is 0.574. The average molecular weight is 378 g/mol. The maximum atomic E-state index is 12.3. The number of aromatic nitrogens is 1. The largest absolute Gasteiger partial charge is 0.444 e. The molecule has 0 radical (unpaired) electrons. The van der Waals surface area contributed by atoms with Crippen LogP contribution in [-0.4, -0.2) is 57.8 Å². The van der Waals surface area contributed by atoms with Crippen LogP contribution in [-0.2, 0) is 9.47 Å². The van der Waals surface area contributed by atoms with Crippen molar-refractivity contribution >= 4 is 23.7 Å². The van der Waals surface area contributed by atoms with Crippen molar-refractivity contribution in [2.75, 3.05) is 24.5 Å². The highest BCUT2D eigenvalue weighted by atomic mass is 16.6. The third-order valence-electron chi connectivity index (χ3n) is 4.53. The summed E-state index contributed by atoms with van der Waals surface area (Å²) in [5.74, 6) is -0.285. The van der Waals surface area contributed by atoms with E-state index in [1.165, 1.54) is 23.2 Å². The van der Waals surface area contributed by atoms with Crippen molar-refractivity contribution in [2.24, 2.45) is 0 Å². The Morgan fingerprint density at radius 3 is 2.52 bits per heavy atom. The van der Waals surface area contributed by atoms with Gasteiger partial charge in [0.1, 0.15) is 11.2 Å². The molecule has 1 aromatic rings. The molecule has 2 amide bonds. The molecule has 2 fully saturated rings. The lowest BCUT2D eigenvalue weighted by molar-refractivity contribution is -0.389. The molecule has 0 aromatic carbocycles. The molecule has 0 unspecified atom stereocenters. The van der Waals surface area contributed by atoms with Crippen LogP contribution in [0.1, 0.15) is 33.6 Å². The molecular weight excluding hydrogens is 356 g/mol. The first-order chi connectivity index (χ1) is 12.6. The minimum Gasteiger partial charge on any atom is -0.444 e. The molecule has 0 atom stereocenters. The fourth-order valence-corrected chi connectivity index (χ4v) is 3.15. The van der Waals surface area contributed by atoms with E-state index >= 15 is 0 Å². The fraction of sp³-hybridized carbons (Fsp3) is 0.588. The summed E-state index contributed by atoms with van der Waals surface area (Å²) >= 11 is 0. The Morgan fingerprint density at radius 2 is 2.00 bits per heavy atom. The first-order valence-electron chi connectivity index (χ1n) is 8.67. The van der Waals surface area contributed by atoms with Crippen LogP contribution in [0.5, 0.6) is 0 Å². The minimum absolute atomic E-state index is 0.285. The van der Waals surface area contributed by atoms with Crippen LogP contribution in [0.3, 0.4) is 0 Å². The maximum Gasteiger partial charge on any atom is 0.415 e. The molecule has 2 aliphatic heterocycles. The Hall–Kier alpha value is -2.91. The van der Waals surface area contributed by atoms with Gasteiger partial charge in [-0.15, -0.1) is 0 Å². The maximum absolute atomic E-state index is 12.3. The Balaban J connectivity index is 1.64. The average Bonchev–Trinajstić information content (AvgIpc) is 2.90. The van der Waals surface area contributed by atoms with Crippen LogP contribution in [0.15, 0.2) is 18.3 Å². The van der Waals surface area contributed by atoms with Gasteiger partial charge in [-0.2, -0.15) is 0 Å². The third-order valence-corrected chi connectivity index (χ3v) is 4.53. The number of amides is 2. The van der Waals surface area contributed by atoms with Crippen molar-refractivity contribution in [1.82, 2.24) is 9.88 Å². The van der Waals surface area contributed by atoms with Gasteiger partial charge in [-0.05, 0) is 36.7 Å². The lowest BCUT2D eigenvalue weighted by Crippen LogP contribution is -2.49. The van der Waals surface area contributed by atoms with E-state index in [0.717, 1.165) is 0 Å². The molecule has 0 saturated carbocycles. The van der Waals surface area contributed by atoms with E-state index in [4.69, 9.17) is 9.47 Å². The second-order valence-electron chi connectivity index (χ2n) is 7.74. The molecule has 0 bridgehead atoms. The molecule has 3 rings (SSSR count). The Labute approximate surface area is 156 Å². The summed E-state index contributed by atoms with van der Waals surface area (Å²) in [6.07, 6.45) is 1.38. The molecule has 10 nitrogen and oxygen atoms in total. The van der Waals surface area contributed by atoms with Gasteiger partial charge < -0.3 is 24.5 Å². The van der Waals surface area contributed by atoms with E-state index in [-0.39, 0.29) is 11.9 Å². The van der Waals surface area contributed by atoms with Crippen LogP contribution in [0.25, 0.3) is 0 Å². The zero-order valence-electron chi connectivity index (χ0n) is 15.5. The zero-order chi connectivity index (χ0) is 19.8. The summed E-state index contributed by atoms with van der Waals surface area (Å²) in [6, 6.07) is 2.72.